The molecule has 78 valence electrons. The molecule has 0 N–H and O–H groups in total. The fourth-order valence-corrected chi connectivity index (χ4v) is 1.65. The fourth-order valence-electron chi connectivity index (χ4n) is 1.34. The molecule has 0 saturated heterocycles. The average Bonchev–Trinajstić information content (AvgIpc) is 2.55. The number of halogens is 1. The highest BCUT2D eigenvalue weighted by Crippen LogP contribution is 2.14. The summed E-state index contributed by atoms with van der Waals surface area (Å²) in [5, 5.41) is 0. The topological polar surface area (TPSA) is 56.5 Å². The first-order valence-corrected chi connectivity index (χ1v) is 5.01. The molecule has 2 heterocycles. The summed E-state index contributed by atoms with van der Waals surface area (Å²) in [7, 11) is 1.33. The Morgan fingerprint density at radius 1 is 1.60 bits per heavy atom. The van der Waals surface area contributed by atoms with Gasteiger partial charge in [-0.2, -0.15) is 0 Å². The number of ether oxygens (including phenoxy) is 1. The van der Waals surface area contributed by atoms with Crippen LogP contribution >= 0.6 is 15.9 Å². The van der Waals surface area contributed by atoms with Crippen LogP contribution in [0.5, 0.6) is 0 Å². The lowest BCUT2D eigenvalue weighted by molar-refractivity contribution is 0.0594. The molecule has 0 saturated carbocycles. The van der Waals surface area contributed by atoms with Crippen LogP contribution in [-0.2, 0) is 4.74 Å². The van der Waals surface area contributed by atoms with Crippen molar-refractivity contribution in [2.24, 2.45) is 0 Å². The van der Waals surface area contributed by atoms with Gasteiger partial charge in [0.15, 0.2) is 11.3 Å². The van der Waals surface area contributed by atoms with Crippen LogP contribution in [0.3, 0.4) is 0 Å². The Morgan fingerprint density at radius 3 is 3.00 bits per heavy atom. The lowest BCUT2D eigenvalue weighted by Crippen LogP contribution is -2.03. The average molecular weight is 270 g/mol. The smallest absolute Gasteiger partial charge is 0.358 e. The van der Waals surface area contributed by atoms with Crippen molar-refractivity contribution < 1.29 is 9.53 Å². The van der Waals surface area contributed by atoms with Crippen LogP contribution in [0.4, 0.5) is 0 Å². The lowest BCUT2D eigenvalue weighted by atomic mass is 10.3. The predicted molar refractivity (Wildman–Crippen MR) is 56.8 cm³/mol. The first kappa shape index (κ1) is 10.1. The summed E-state index contributed by atoms with van der Waals surface area (Å²) in [6, 6.07) is 0. The summed E-state index contributed by atoms with van der Waals surface area (Å²) in [5.74, 6) is -0.438. The van der Waals surface area contributed by atoms with Gasteiger partial charge in [0.05, 0.1) is 19.0 Å². The van der Waals surface area contributed by atoms with E-state index in [1.54, 1.807) is 23.7 Å². The third-order valence-electron chi connectivity index (χ3n) is 2.09. The van der Waals surface area contributed by atoms with Crippen molar-refractivity contribution in [1.29, 1.82) is 0 Å². The Balaban J connectivity index is 2.69. The maximum Gasteiger partial charge on any atom is 0.358 e. The van der Waals surface area contributed by atoms with Gasteiger partial charge in [-0.15, -0.1) is 0 Å². The number of fused-ring (bicyclic) bond motifs is 1. The molecule has 0 bridgehead atoms. The number of hydrogen-bond acceptors (Lipinski definition) is 4. The zero-order chi connectivity index (χ0) is 11.0. The number of rotatable bonds is 1. The minimum Gasteiger partial charge on any atom is -0.464 e. The van der Waals surface area contributed by atoms with Gasteiger partial charge in [-0.1, -0.05) is 0 Å². The van der Waals surface area contributed by atoms with Crippen LogP contribution < -0.4 is 0 Å². The number of esters is 1. The van der Waals surface area contributed by atoms with Crippen LogP contribution in [0.1, 0.15) is 16.2 Å². The van der Waals surface area contributed by atoms with Crippen LogP contribution in [0.2, 0.25) is 0 Å². The number of nitrogens with zero attached hydrogens (tertiary/aromatic N) is 3. The molecule has 2 aromatic heterocycles. The molecule has 6 heteroatoms. The third kappa shape index (κ3) is 1.61. The summed E-state index contributed by atoms with van der Waals surface area (Å²) < 4.78 is 7.10. The molecule has 2 rings (SSSR count). The number of carbonyl (C=O) groups is 1. The normalized spacial score (nSPS) is 10.6. The van der Waals surface area contributed by atoms with Crippen LogP contribution in [0, 0.1) is 6.92 Å². The molecule has 0 spiro atoms. The molecular weight excluding hydrogens is 262 g/mol. The van der Waals surface area contributed by atoms with E-state index in [4.69, 9.17) is 0 Å². The summed E-state index contributed by atoms with van der Waals surface area (Å²) in [6.45, 7) is 1.80. The van der Waals surface area contributed by atoms with Crippen molar-refractivity contribution >= 4 is 27.5 Å². The van der Waals surface area contributed by atoms with Crippen molar-refractivity contribution in [3.63, 3.8) is 0 Å². The Bertz CT molecular complexity index is 535. The molecule has 0 aliphatic heterocycles. The summed E-state index contributed by atoms with van der Waals surface area (Å²) in [5.41, 5.74) is 1.67. The number of aryl methyl sites for hydroxylation is 1. The minimum atomic E-state index is -0.438. The molecular formula is C9H8BrN3O2. The van der Waals surface area contributed by atoms with E-state index in [9.17, 15) is 4.79 Å². The van der Waals surface area contributed by atoms with Crippen molar-refractivity contribution in [2.75, 3.05) is 7.11 Å². The van der Waals surface area contributed by atoms with Crippen molar-refractivity contribution in [3.05, 3.63) is 28.4 Å². The van der Waals surface area contributed by atoms with Crippen LogP contribution in [-0.4, -0.2) is 27.4 Å². The number of imidazole rings is 1. The predicted octanol–water partition coefficient (Wildman–Crippen LogP) is 1.59. The Labute approximate surface area is 94.2 Å². The molecule has 15 heavy (non-hydrogen) atoms. The number of methoxy groups -OCH3 is 1. The van der Waals surface area contributed by atoms with Gasteiger partial charge < -0.3 is 4.74 Å². The van der Waals surface area contributed by atoms with Crippen molar-refractivity contribution in [1.82, 2.24) is 14.4 Å². The molecule has 0 aromatic carbocycles. The highest BCUT2D eigenvalue weighted by atomic mass is 79.9. The van der Waals surface area contributed by atoms with E-state index < -0.39 is 5.97 Å². The van der Waals surface area contributed by atoms with Gasteiger partial charge in [-0.25, -0.2) is 14.8 Å². The van der Waals surface area contributed by atoms with E-state index in [0.29, 0.717) is 15.9 Å². The monoisotopic (exact) mass is 269 g/mol. The number of hydrogen-bond donors (Lipinski definition) is 0. The van der Waals surface area contributed by atoms with Gasteiger partial charge in [0, 0.05) is 6.20 Å². The second-order valence-corrected chi connectivity index (χ2v) is 3.79. The van der Waals surface area contributed by atoms with Gasteiger partial charge in [0.25, 0.3) is 0 Å². The first-order valence-electron chi connectivity index (χ1n) is 4.22. The Morgan fingerprint density at radius 2 is 2.33 bits per heavy atom. The molecule has 0 radical (unpaired) electrons. The highest BCUT2D eigenvalue weighted by Gasteiger charge is 2.16. The summed E-state index contributed by atoms with van der Waals surface area (Å²) in [6.07, 6.45) is 3.34. The molecule has 0 unspecified atom stereocenters. The second-order valence-electron chi connectivity index (χ2n) is 2.98. The fraction of sp³-hybridized carbons (Fsp3) is 0.222. The van der Waals surface area contributed by atoms with E-state index in [0.717, 1.165) is 5.69 Å². The summed E-state index contributed by atoms with van der Waals surface area (Å²) >= 11 is 3.25. The van der Waals surface area contributed by atoms with Gasteiger partial charge >= 0.3 is 5.97 Å². The minimum absolute atomic E-state index is 0.317. The Hall–Kier alpha value is -1.43. The lowest BCUT2D eigenvalue weighted by Gasteiger charge is -1.97. The highest BCUT2D eigenvalue weighted by molar-refractivity contribution is 9.10. The Kier molecular flexibility index (Phi) is 2.44. The SMILES string of the molecule is COC(=O)c1nc2cnc(Br)cn2c1C. The van der Waals surface area contributed by atoms with Gasteiger partial charge in [0.2, 0.25) is 0 Å². The van der Waals surface area contributed by atoms with Crippen LogP contribution in [0.15, 0.2) is 17.0 Å². The van der Waals surface area contributed by atoms with E-state index in [1.165, 1.54) is 7.11 Å². The maximum atomic E-state index is 11.4. The maximum absolute atomic E-state index is 11.4. The van der Waals surface area contributed by atoms with E-state index >= 15 is 0 Å². The second kappa shape index (κ2) is 3.62. The van der Waals surface area contributed by atoms with Crippen molar-refractivity contribution in [2.45, 2.75) is 6.92 Å². The molecule has 5 nitrogen and oxygen atoms in total. The standard InChI is InChI=1S/C9H8BrN3O2/c1-5-8(9(14)15-2)12-7-3-11-6(10)4-13(5)7/h3-4H,1-2H3. The third-order valence-corrected chi connectivity index (χ3v) is 2.50. The van der Waals surface area contributed by atoms with E-state index in [2.05, 4.69) is 30.6 Å². The molecule has 0 aliphatic rings. The van der Waals surface area contributed by atoms with E-state index in [-0.39, 0.29) is 0 Å². The number of aromatic nitrogens is 3. The van der Waals surface area contributed by atoms with Crippen LogP contribution in [0.25, 0.3) is 5.65 Å². The number of carbonyl (C=O) groups excluding carboxylic acids is 1. The molecule has 2 aromatic rings. The quantitative estimate of drug-likeness (QED) is 0.738. The zero-order valence-corrected chi connectivity index (χ0v) is 9.78. The van der Waals surface area contributed by atoms with Gasteiger partial charge in [-0.05, 0) is 22.9 Å². The summed E-state index contributed by atoms with van der Waals surface area (Å²) in [4.78, 5) is 19.5. The van der Waals surface area contributed by atoms with E-state index in [1.807, 2.05) is 0 Å². The largest absolute Gasteiger partial charge is 0.464 e. The van der Waals surface area contributed by atoms with Gasteiger partial charge in [-0.3, -0.25) is 4.40 Å². The van der Waals surface area contributed by atoms with Gasteiger partial charge in [0.1, 0.15) is 4.60 Å². The molecule has 0 aliphatic carbocycles. The van der Waals surface area contributed by atoms with Crippen molar-refractivity contribution in [3.8, 4) is 0 Å². The molecule has 0 fully saturated rings. The molecule has 0 atom stereocenters. The zero-order valence-electron chi connectivity index (χ0n) is 8.19. The first-order chi connectivity index (χ1) is 7.13. The molecule has 0 amide bonds.